The third-order valence-corrected chi connectivity index (χ3v) is 5.47. The predicted molar refractivity (Wildman–Crippen MR) is 95.4 cm³/mol. The monoisotopic (exact) mass is 360 g/mol. The van der Waals surface area contributed by atoms with Gasteiger partial charge in [-0.15, -0.1) is 11.3 Å². The topological polar surface area (TPSA) is 115 Å². The van der Waals surface area contributed by atoms with Crippen LogP contribution in [0.3, 0.4) is 0 Å². The maximum Gasteiger partial charge on any atom is 0.139 e. The van der Waals surface area contributed by atoms with Crippen molar-refractivity contribution < 1.29 is 15.3 Å². The van der Waals surface area contributed by atoms with E-state index >= 15 is 0 Å². The highest BCUT2D eigenvalue weighted by Crippen LogP contribution is 2.36. The Morgan fingerprint density at radius 1 is 1.48 bits per heavy atom. The molecule has 4 heterocycles. The molecule has 1 fully saturated rings. The van der Waals surface area contributed by atoms with Gasteiger partial charge >= 0.3 is 0 Å². The molecule has 0 amide bonds. The van der Waals surface area contributed by atoms with Crippen molar-refractivity contribution in [3.8, 4) is 6.07 Å². The molecule has 0 saturated carbocycles. The number of imidazole rings is 1. The fourth-order valence-electron chi connectivity index (χ4n) is 3.42. The minimum atomic E-state index is -0.663. The summed E-state index contributed by atoms with van der Waals surface area (Å²) >= 11 is 1.64. The Morgan fingerprint density at radius 2 is 2.32 bits per heavy atom. The van der Waals surface area contributed by atoms with Gasteiger partial charge in [0.15, 0.2) is 0 Å². The summed E-state index contributed by atoms with van der Waals surface area (Å²) < 4.78 is 9.08. The van der Waals surface area contributed by atoms with Crippen molar-refractivity contribution in [3.05, 3.63) is 23.5 Å². The molecule has 3 atom stereocenters. The van der Waals surface area contributed by atoms with Gasteiger partial charge in [0, 0.05) is 0 Å². The van der Waals surface area contributed by atoms with Crippen molar-refractivity contribution >= 4 is 32.6 Å². The number of aromatic nitrogens is 3. The molecule has 7 nitrogen and oxygen atoms in total. The highest BCUT2D eigenvalue weighted by molar-refractivity contribution is 7.18. The van der Waals surface area contributed by atoms with Crippen LogP contribution in [-0.4, -0.2) is 37.8 Å². The largest absolute Gasteiger partial charge is 0.412 e. The Morgan fingerprint density at radius 3 is 3.00 bits per heavy atom. The molecule has 0 aromatic carbocycles. The molecule has 132 valence electrons. The second kappa shape index (κ2) is 7.06. The number of thiophene rings is 1. The van der Waals surface area contributed by atoms with E-state index in [-0.39, 0.29) is 17.6 Å². The molecule has 0 aliphatic carbocycles. The first-order chi connectivity index (χ1) is 11.7. The van der Waals surface area contributed by atoms with Gasteiger partial charge in [0.05, 0.1) is 53.2 Å². The Balaban J connectivity index is 0.00000182. The van der Waals surface area contributed by atoms with E-state index in [4.69, 9.17) is 10.00 Å². The summed E-state index contributed by atoms with van der Waals surface area (Å²) in [5, 5.41) is 21.1. The van der Waals surface area contributed by atoms with Crippen molar-refractivity contribution in [1.82, 2.24) is 14.5 Å². The highest BCUT2D eigenvalue weighted by Gasteiger charge is 2.28. The summed E-state index contributed by atoms with van der Waals surface area (Å²) in [6, 6.07) is 4.29. The van der Waals surface area contributed by atoms with Crippen molar-refractivity contribution in [1.29, 1.82) is 5.26 Å². The number of nitrogens with zero attached hydrogens (tertiary/aromatic N) is 4. The molecule has 1 aliphatic heterocycles. The zero-order chi connectivity index (χ0) is 16.7. The molecule has 2 unspecified atom stereocenters. The fraction of sp³-hybridized carbons (Fsp3) is 0.471. The van der Waals surface area contributed by atoms with Gasteiger partial charge in [-0.05, 0) is 31.2 Å². The number of hydrogen-bond donors (Lipinski definition) is 1. The van der Waals surface area contributed by atoms with Crippen molar-refractivity contribution in [2.45, 2.75) is 44.4 Å². The van der Waals surface area contributed by atoms with Gasteiger partial charge in [-0.3, -0.25) is 4.98 Å². The van der Waals surface area contributed by atoms with Crippen LogP contribution in [0.2, 0.25) is 0 Å². The van der Waals surface area contributed by atoms with Crippen LogP contribution in [0.4, 0.5) is 0 Å². The van der Waals surface area contributed by atoms with E-state index in [1.54, 1.807) is 24.5 Å². The van der Waals surface area contributed by atoms with E-state index in [0.29, 0.717) is 18.9 Å². The molecule has 8 heteroatoms. The van der Waals surface area contributed by atoms with Crippen molar-refractivity contribution in [2.75, 3.05) is 6.61 Å². The van der Waals surface area contributed by atoms with Crippen LogP contribution in [0, 0.1) is 11.3 Å². The first kappa shape index (κ1) is 17.8. The van der Waals surface area contributed by atoms with E-state index in [0.717, 1.165) is 34.1 Å². The van der Waals surface area contributed by atoms with Crippen LogP contribution in [0.15, 0.2) is 17.6 Å². The van der Waals surface area contributed by atoms with E-state index in [1.165, 1.54) is 0 Å². The Kier molecular flexibility index (Phi) is 5.01. The molecule has 0 bridgehead atoms. The molecule has 4 rings (SSSR count). The molecule has 0 radical (unpaired) electrons. The third kappa shape index (κ3) is 3.00. The van der Waals surface area contributed by atoms with Gasteiger partial charge in [0.1, 0.15) is 17.4 Å². The Hall–Kier alpha value is -2.05. The van der Waals surface area contributed by atoms with E-state index < -0.39 is 6.10 Å². The Labute approximate surface area is 148 Å². The summed E-state index contributed by atoms with van der Waals surface area (Å²) in [5.74, 6) is 0.653. The number of nitriles is 1. The maximum absolute atomic E-state index is 10.2. The number of fused-ring (bicyclic) bond motifs is 3. The Bertz CT molecular complexity index is 919. The molecule has 25 heavy (non-hydrogen) atoms. The van der Waals surface area contributed by atoms with Gasteiger partial charge < -0.3 is 19.9 Å². The maximum atomic E-state index is 10.2. The summed E-state index contributed by atoms with van der Waals surface area (Å²) in [6.07, 6.45) is 3.31. The minimum absolute atomic E-state index is 0. The molecule has 1 saturated heterocycles. The quantitative estimate of drug-likeness (QED) is 0.770. The molecular formula is C17H20N4O3S. The first-order valence-electron chi connectivity index (χ1n) is 8.09. The van der Waals surface area contributed by atoms with Crippen molar-refractivity contribution in [3.63, 3.8) is 0 Å². The predicted octanol–water partition coefficient (Wildman–Crippen LogP) is 2.51. The molecule has 3 aromatic heterocycles. The molecule has 3 aromatic rings. The summed E-state index contributed by atoms with van der Waals surface area (Å²) in [6.45, 7) is 2.27. The van der Waals surface area contributed by atoms with Gasteiger partial charge in [-0.2, -0.15) is 5.26 Å². The van der Waals surface area contributed by atoms with Gasteiger partial charge in [-0.1, -0.05) is 0 Å². The normalized spacial score (nSPS) is 21.8. The standard InChI is InChI=1S/C17H18N4O2S.H2O/c1-10(22)17-20-14-8-19-13-5-7-24-16(13)15(14)21(17)11-2-3-12(4-6-18)23-9-11;/h5,7-8,10-12,22H,2-4,9H2,1H3;1H2/t10-,11?,12?;/m1./s1. The fourth-order valence-corrected chi connectivity index (χ4v) is 4.31. The lowest BCUT2D eigenvalue weighted by atomic mass is 10.0. The second-order valence-corrected chi connectivity index (χ2v) is 7.11. The zero-order valence-corrected chi connectivity index (χ0v) is 14.7. The van der Waals surface area contributed by atoms with Gasteiger partial charge in [0.25, 0.3) is 0 Å². The number of pyridine rings is 1. The highest BCUT2D eigenvalue weighted by atomic mass is 32.1. The van der Waals surface area contributed by atoms with Crippen molar-refractivity contribution in [2.24, 2.45) is 0 Å². The average Bonchev–Trinajstić information content (AvgIpc) is 3.19. The van der Waals surface area contributed by atoms with Crippen LogP contribution < -0.4 is 0 Å². The lowest BCUT2D eigenvalue weighted by molar-refractivity contribution is -0.00949. The SMILES string of the molecule is C[C@@H](O)c1nc2cnc3ccsc3c2n1C1CCC(CC#N)OC1.O. The lowest BCUT2D eigenvalue weighted by Crippen LogP contribution is -2.29. The zero-order valence-electron chi connectivity index (χ0n) is 13.8. The smallest absolute Gasteiger partial charge is 0.139 e. The first-order valence-corrected chi connectivity index (χ1v) is 8.97. The summed E-state index contributed by atoms with van der Waals surface area (Å²) in [5.41, 5.74) is 2.78. The molecular weight excluding hydrogens is 340 g/mol. The second-order valence-electron chi connectivity index (χ2n) is 6.19. The van der Waals surface area contributed by atoms with E-state index in [1.807, 2.05) is 11.4 Å². The summed E-state index contributed by atoms with van der Waals surface area (Å²) in [7, 11) is 0. The number of aliphatic hydroxyl groups excluding tert-OH is 1. The minimum Gasteiger partial charge on any atom is -0.412 e. The number of hydrogen-bond acceptors (Lipinski definition) is 6. The van der Waals surface area contributed by atoms with Crippen LogP contribution in [-0.2, 0) is 4.74 Å². The van der Waals surface area contributed by atoms with E-state index in [9.17, 15) is 5.11 Å². The van der Waals surface area contributed by atoms with Crippen LogP contribution in [0.5, 0.6) is 0 Å². The lowest BCUT2D eigenvalue weighted by Gasteiger charge is -2.30. The number of ether oxygens (including phenoxy) is 1. The third-order valence-electron chi connectivity index (χ3n) is 4.55. The number of aliphatic hydroxyl groups is 1. The molecule has 1 aliphatic rings. The van der Waals surface area contributed by atoms with E-state index in [2.05, 4.69) is 20.6 Å². The average molecular weight is 360 g/mol. The van der Waals surface area contributed by atoms with Gasteiger partial charge in [0.2, 0.25) is 0 Å². The summed E-state index contributed by atoms with van der Waals surface area (Å²) in [4.78, 5) is 9.07. The van der Waals surface area contributed by atoms with Crippen LogP contribution in [0.1, 0.15) is 44.2 Å². The van der Waals surface area contributed by atoms with Crippen LogP contribution in [0.25, 0.3) is 21.3 Å². The van der Waals surface area contributed by atoms with Gasteiger partial charge in [-0.25, -0.2) is 4.98 Å². The molecule has 0 spiro atoms. The molecule has 3 N–H and O–H groups in total. The number of rotatable bonds is 3. The van der Waals surface area contributed by atoms with Crippen LogP contribution >= 0.6 is 11.3 Å².